The quantitative estimate of drug-likeness (QED) is 0.794. The molecule has 78 valence electrons. The molecular formula is C11H17NO2. The maximum atomic E-state index is 10.1. The smallest absolute Gasteiger partial charge is 0.0905 e. The van der Waals surface area contributed by atoms with Crippen molar-refractivity contribution < 1.29 is 9.84 Å². The van der Waals surface area contributed by atoms with Crippen LogP contribution in [0, 0.1) is 6.92 Å². The normalized spacial score (nSPS) is 15.1. The number of hydrogen-bond donors (Lipinski definition) is 1. The van der Waals surface area contributed by atoms with Crippen LogP contribution in [0.1, 0.15) is 24.6 Å². The molecule has 0 saturated heterocycles. The van der Waals surface area contributed by atoms with Gasteiger partial charge in [0.15, 0.2) is 0 Å². The Morgan fingerprint density at radius 2 is 2.21 bits per heavy atom. The number of aliphatic hydroxyl groups is 1. The molecule has 1 unspecified atom stereocenters. The van der Waals surface area contributed by atoms with Crippen LogP contribution in [-0.4, -0.2) is 23.8 Å². The van der Waals surface area contributed by atoms with Gasteiger partial charge in [0.25, 0.3) is 0 Å². The molecule has 1 heterocycles. The molecule has 0 aliphatic rings. The van der Waals surface area contributed by atoms with Gasteiger partial charge in [-0.1, -0.05) is 6.07 Å². The molecule has 0 aliphatic heterocycles. The Balaban J connectivity index is 2.75. The van der Waals surface area contributed by atoms with Gasteiger partial charge in [0, 0.05) is 37.6 Å². The van der Waals surface area contributed by atoms with Crippen molar-refractivity contribution in [3.05, 3.63) is 29.6 Å². The third kappa shape index (κ3) is 2.79. The summed E-state index contributed by atoms with van der Waals surface area (Å²) in [7, 11) is 1.63. The van der Waals surface area contributed by atoms with Crippen molar-refractivity contribution in [1.82, 2.24) is 4.98 Å². The van der Waals surface area contributed by atoms with Crippen LogP contribution >= 0.6 is 0 Å². The van der Waals surface area contributed by atoms with E-state index in [4.69, 9.17) is 4.74 Å². The lowest BCUT2D eigenvalue weighted by molar-refractivity contribution is 0.0207. The molecule has 1 aromatic heterocycles. The molecule has 3 nitrogen and oxygen atoms in total. The monoisotopic (exact) mass is 195 g/mol. The number of aromatic nitrogens is 1. The summed E-state index contributed by atoms with van der Waals surface area (Å²) < 4.78 is 4.94. The summed E-state index contributed by atoms with van der Waals surface area (Å²) in [6, 6.07) is 3.80. The van der Waals surface area contributed by atoms with Crippen LogP contribution in [0.5, 0.6) is 0 Å². The van der Waals surface area contributed by atoms with Crippen molar-refractivity contribution >= 4 is 0 Å². The zero-order chi connectivity index (χ0) is 10.6. The fourth-order valence-corrected chi connectivity index (χ4v) is 1.23. The molecule has 0 spiro atoms. The predicted molar refractivity (Wildman–Crippen MR) is 55.0 cm³/mol. The van der Waals surface area contributed by atoms with Crippen LogP contribution in [0.4, 0.5) is 0 Å². The number of ether oxygens (including phenoxy) is 1. The third-order valence-corrected chi connectivity index (χ3v) is 2.33. The summed E-state index contributed by atoms with van der Waals surface area (Å²) in [6.45, 7) is 4.24. The Bertz CT molecular complexity index is 280. The average molecular weight is 195 g/mol. The van der Waals surface area contributed by atoms with Crippen LogP contribution in [-0.2, 0) is 10.3 Å². The molecular weight excluding hydrogens is 178 g/mol. The molecule has 3 heteroatoms. The van der Waals surface area contributed by atoms with Gasteiger partial charge < -0.3 is 9.84 Å². The zero-order valence-corrected chi connectivity index (χ0v) is 8.95. The van der Waals surface area contributed by atoms with Gasteiger partial charge in [-0.2, -0.15) is 0 Å². The highest BCUT2D eigenvalue weighted by Gasteiger charge is 2.22. The maximum absolute atomic E-state index is 10.1. The fourth-order valence-electron chi connectivity index (χ4n) is 1.23. The molecule has 1 rings (SSSR count). The molecule has 1 aromatic rings. The van der Waals surface area contributed by atoms with Crippen LogP contribution in [0.15, 0.2) is 18.3 Å². The largest absolute Gasteiger partial charge is 0.385 e. The maximum Gasteiger partial charge on any atom is 0.0905 e. The molecule has 0 aromatic carbocycles. The summed E-state index contributed by atoms with van der Waals surface area (Å²) in [5.74, 6) is 0. The van der Waals surface area contributed by atoms with E-state index in [-0.39, 0.29) is 0 Å². The molecule has 0 bridgehead atoms. The molecule has 0 radical (unpaired) electrons. The van der Waals surface area contributed by atoms with Gasteiger partial charge in [-0.05, 0) is 19.9 Å². The zero-order valence-electron chi connectivity index (χ0n) is 8.95. The van der Waals surface area contributed by atoms with Gasteiger partial charge in [-0.3, -0.25) is 4.98 Å². The van der Waals surface area contributed by atoms with Crippen molar-refractivity contribution in [2.75, 3.05) is 13.7 Å². The Morgan fingerprint density at radius 3 is 2.71 bits per heavy atom. The first-order valence-corrected chi connectivity index (χ1v) is 4.71. The number of pyridine rings is 1. The van der Waals surface area contributed by atoms with Crippen molar-refractivity contribution in [3.8, 4) is 0 Å². The minimum atomic E-state index is -0.850. The summed E-state index contributed by atoms with van der Waals surface area (Å²) in [4.78, 5) is 4.15. The van der Waals surface area contributed by atoms with E-state index >= 15 is 0 Å². The molecule has 0 saturated carbocycles. The van der Waals surface area contributed by atoms with Crippen LogP contribution in [0.25, 0.3) is 0 Å². The van der Waals surface area contributed by atoms with E-state index < -0.39 is 5.60 Å². The Kier molecular flexibility index (Phi) is 3.61. The third-order valence-electron chi connectivity index (χ3n) is 2.33. The van der Waals surface area contributed by atoms with Crippen LogP contribution in [0.2, 0.25) is 0 Å². The lowest BCUT2D eigenvalue weighted by Crippen LogP contribution is -2.23. The van der Waals surface area contributed by atoms with Gasteiger partial charge in [0.2, 0.25) is 0 Å². The van der Waals surface area contributed by atoms with E-state index in [0.717, 1.165) is 11.3 Å². The first-order valence-electron chi connectivity index (χ1n) is 4.71. The highest BCUT2D eigenvalue weighted by molar-refractivity contribution is 5.19. The fraction of sp³-hybridized carbons (Fsp3) is 0.545. The number of hydrogen-bond acceptors (Lipinski definition) is 3. The summed E-state index contributed by atoms with van der Waals surface area (Å²) in [5, 5.41) is 10.1. The molecule has 0 aliphatic carbocycles. The average Bonchev–Trinajstić information content (AvgIpc) is 2.16. The molecule has 1 atom stereocenters. The topological polar surface area (TPSA) is 42.4 Å². The summed E-state index contributed by atoms with van der Waals surface area (Å²) in [6.07, 6.45) is 2.29. The second-order valence-electron chi connectivity index (χ2n) is 3.70. The molecule has 0 fully saturated rings. The first-order chi connectivity index (χ1) is 6.56. The summed E-state index contributed by atoms with van der Waals surface area (Å²) >= 11 is 0. The Hall–Kier alpha value is -0.930. The number of nitrogens with zero attached hydrogens (tertiary/aromatic N) is 1. The Morgan fingerprint density at radius 1 is 1.50 bits per heavy atom. The number of aryl methyl sites for hydroxylation is 1. The van der Waals surface area contributed by atoms with Gasteiger partial charge >= 0.3 is 0 Å². The molecule has 0 amide bonds. The second kappa shape index (κ2) is 4.53. The van der Waals surface area contributed by atoms with E-state index in [9.17, 15) is 5.11 Å². The van der Waals surface area contributed by atoms with E-state index in [2.05, 4.69) is 4.98 Å². The van der Waals surface area contributed by atoms with E-state index in [1.165, 1.54) is 0 Å². The number of methoxy groups -OCH3 is 1. The minimum Gasteiger partial charge on any atom is -0.385 e. The predicted octanol–water partition coefficient (Wildman–Crippen LogP) is 1.63. The molecule has 1 N–H and O–H groups in total. The first kappa shape index (κ1) is 11.1. The Labute approximate surface area is 84.7 Å². The lowest BCUT2D eigenvalue weighted by Gasteiger charge is -2.23. The van der Waals surface area contributed by atoms with Gasteiger partial charge in [-0.15, -0.1) is 0 Å². The van der Waals surface area contributed by atoms with E-state index in [1.807, 2.05) is 19.1 Å². The lowest BCUT2D eigenvalue weighted by atomic mass is 9.94. The number of rotatable bonds is 4. The van der Waals surface area contributed by atoms with Gasteiger partial charge in [-0.25, -0.2) is 0 Å². The second-order valence-corrected chi connectivity index (χ2v) is 3.70. The van der Waals surface area contributed by atoms with Gasteiger partial charge in [0.05, 0.1) is 5.60 Å². The highest BCUT2D eigenvalue weighted by atomic mass is 16.5. The van der Waals surface area contributed by atoms with Crippen molar-refractivity contribution in [3.63, 3.8) is 0 Å². The van der Waals surface area contributed by atoms with Crippen LogP contribution in [0.3, 0.4) is 0 Å². The van der Waals surface area contributed by atoms with E-state index in [1.54, 1.807) is 20.2 Å². The van der Waals surface area contributed by atoms with Crippen molar-refractivity contribution in [2.24, 2.45) is 0 Å². The SMILES string of the molecule is COCCC(C)(O)c1ccc(C)nc1. The minimum absolute atomic E-state index is 0.543. The molecule has 14 heavy (non-hydrogen) atoms. The van der Waals surface area contributed by atoms with Crippen LogP contribution < -0.4 is 0 Å². The van der Waals surface area contributed by atoms with Crippen molar-refractivity contribution in [1.29, 1.82) is 0 Å². The van der Waals surface area contributed by atoms with E-state index in [0.29, 0.717) is 13.0 Å². The standard InChI is InChI=1S/C11H17NO2/c1-9-4-5-10(8-12-9)11(2,13)6-7-14-3/h4-5,8,13H,6-7H2,1-3H3. The van der Waals surface area contributed by atoms with Crippen molar-refractivity contribution in [2.45, 2.75) is 25.9 Å². The van der Waals surface area contributed by atoms with Gasteiger partial charge in [0.1, 0.15) is 0 Å². The highest BCUT2D eigenvalue weighted by Crippen LogP contribution is 2.23. The summed E-state index contributed by atoms with van der Waals surface area (Å²) in [5.41, 5.74) is 0.938.